The van der Waals surface area contributed by atoms with Gasteiger partial charge in [-0.3, -0.25) is 14.4 Å². The van der Waals surface area contributed by atoms with Gasteiger partial charge < -0.3 is 10.1 Å². The normalized spacial score (nSPS) is 11.8. The number of amides is 1. The second-order valence-corrected chi connectivity index (χ2v) is 6.23. The molecule has 0 bridgehead atoms. The number of esters is 1. The van der Waals surface area contributed by atoms with Crippen LogP contribution in [0, 0.1) is 0 Å². The summed E-state index contributed by atoms with van der Waals surface area (Å²) in [6, 6.07) is 13.6. The summed E-state index contributed by atoms with van der Waals surface area (Å²) in [5.74, 6) is -1.14. The molecule has 0 saturated heterocycles. The molecule has 1 atom stereocenters. The first-order valence-electron chi connectivity index (χ1n) is 8.17. The number of anilines is 1. The maximum atomic E-state index is 12.2. The molecule has 0 saturated carbocycles. The van der Waals surface area contributed by atoms with E-state index in [0.29, 0.717) is 27.2 Å². The Morgan fingerprint density at radius 2 is 1.81 bits per heavy atom. The molecule has 2 aromatic carbocycles. The summed E-state index contributed by atoms with van der Waals surface area (Å²) in [6.07, 6.45) is -1.20. The summed E-state index contributed by atoms with van der Waals surface area (Å²) < 4.78 is 5.18. The van der Waals surface area contributed by atoms with Crippen molar-refractivity contribution in [1.82, 2.24) is 10.2 Å². The van der Waals surface area contributed by atoms with Crippen molar-refractivity contribution in [2.45, 2.75) is 19.4 Å². The summed E-state index contributed by atoms with van der Waals surface area (Å²) >= 11 is 5.99. The molecule has 0 aliphatic carbocycles. The van der Waals surface area contributed by atoms with Gasteiger partial charge in [-0.15, -0.1) is 0 Å². The van der Waals surface area contributed by atoms with Gasteiger partial charge in [0.05, 0.1) is 28.2 Å². The quantitative estimate of drug-likeness (QED) is 0.657. The molecule has 1 aromatic heterocycles. The SMILES string of the molecule is C[C@@H](OC(=O)Cc1n[nH]c(=O)c2ccccc12)C(=O)Nc1ccccc1Cl. The fraction of sp³-hybridized carbons (Fsp3) is 0.158. The Kier molecular flexibility index (Phi) is 5.52. The van der Waals surface area contributed by atoms with Gasteiger partial charge in [0.25, 0.3) is 11.5 Å². The highest BCUT2D eigenvalue weighted by molar-refractivity contribution is 6.33. The van der Waals surface area contributed by atoms with Gasteiger partial charge >= 0.3 is 5.97 Å². The number of fused-ring (bicyclic) bond motifs is 1. The third-order valence-electron chi connectivity index (χ3n) is 3.90. The molecule has 0 aliphatic heterocycles. The van der Waals surface area contributed by atoms with Crippen LogP contribution < -0.4 is 10.9 Å². The molecule has 8 heteroatoms. The largest absolute Gasteiger partial charge is 0.452 e. The van der Waals surface area contributed by atoms with Crippen LogP contribution >= 0.6 is 11.6 Å². The molecule has 0 aliphatic rings. The first kappa shape index (κ1) is 18.6. The lowest BCUT2D eigenvalue weighted by atomic mass is 10.1. The summed E-state index contributed by atoms with van der Waals surface area (Å²) in [7, 11) is 0. The first-order chi connectivity index (χ1) is 13.0. The van der Waals surface area contributed by atoms with Crippen molar-refractivity contribution < 1.29 is 14.3 Å². The van der Waals surface area contributed by atoms with Gasteiger partial charge in [-0.2, -0.15) is 5.10 Å². The molecule has 27 heavy (non-hydrogen) atoms. The zero-order chi connectivity index (χ0) is 19.4. The van der Waals surface area contributed by atoms with Crippen molar-refractivity contribution in [3.05, 3.63) is 69.6 Å². The fourth-order valence-corrected chi connectivity index (χ4v) is 2.72. The molecule has 3 aromatic rings. The Morgan fingerprint density at radius 3 is 2.56 bits per heavy atom. The van der Waals surface area contributed by atoms with Crippen molar-refractivity contribution in [3.63, 3.8) is 0 Å². The van der Waals surface area contributed by atoms with Crippen LogP contribution in [0.1, 0.15) is 12.6 Å². The second kappa shape index (κ2) is 8.01. The maximum absolute atomic E-state index is 12.2. The number of carbonyl (C=O) groups is 2. The van der Waals surface area contributed by atoms with E-state index in [1.165, 1.54) is 6.92 Å². The van der Waals surface area contributed by atoms with E-state index in [1.54, 1.807) is 48.5 Å². The molecular formula is C19H16ClN3O4. The van der Waals surface area contributed by atoms with Crippen LogP contribution in [0.3, 0.4) is 0 Å². The van der Waals surface area contributed by atoms with Crippen LogP contribution in [-0.4, -0.2) is 28.2 Å². The molecule has 3 rings (SSSR count). The summed E-state index contributed by atoms with van der Waals surface area (Å²) in [5, 5.41) is 10.3. The molecule has 138 valence electrons. The number of aromatic amines is 1. The molecule has 0 fully saturated rings. The molecular weight excluding hydrogens is 370 g/mol. The number of halogens is 1. The van der Waals surface area contributed by atoms with Crippen LogP contribution in [0.2, 0.25) is 5.02 Å². The molecule has 0 radical (unpaired) electrons. The predicted octanol–water partition coefficient (Wildman–Crippen LogP) is 2.69. The lowest BCUT2D eigenvalue weighted by Gasteiger charge is -2.14. The molecule has 0 unspecified atom stereocenters. The van der Waals surface area contributed by atoms with Crippen LogP contribution in [0.5, 0.6) is 0 Å². The molecule has 2 N–H and O–H groups in total. The Hall–Kier alpha value is -3.19. The van der Waals surface area contributed by atoms with E-state index in [-0.39, 0.29) is 12.0 Å². The lowest BCUT2D eigenvalue weighted by molar-refractivity contribution is -0.152. The van der Waals surface area contributed by atoms with E-state index in [1.807, 2.05) is 0 Å². The average Bonchev–Trinajstić information content (AvgIpc) is 2.66. The molecule has 1 amide bonds. The van der Waals surface area contributed by atoms with E-state index < -0.39 is 18.0 Å². The van der Waals surface area contributed by atoms with E-state index in [2.05, 4.69) is 15.5 Å². The van der Waals surface area contributed by atoms with Crippen molar-refractivity contribution in [2.75, 3.05) is 5.32 Å². The van der Waals surface area contributed by atoms with Crippen LogP contribution in [0.25, 0.3) is 10.8 Å². The summed E-state index contributed by atoms with van der Waals surface area (Å²) in [6.45, 7) is 1.46. The number of nitrogens with zero attached hydrogens (tertiary/aromatic N) is 1. The number of benzene rings is 2. The Balaban J connectivity index is 1.67. The standard InChI is InChI=1S/C19H16ClN3O4/c1-11(18(25)21-15-9-5-4-8-14(15)20)27-17(24)10-16-12-6-2-3-7-13(12)19(26)23-22-16/h2-9,11H,10H2,1H3,(H,21,25)(H,23,26)/t11-/m1/s1. The van der Waals surface area contributed by atoms with E-state index in [0.717, 1.165) is 0 Å². The number of hydrogen-bond donors (Lipinski definition) is 2. The number of rotatable bonds is 5. The van der Waals surface area contributed by atoms with Crippen molar-refractivity contribution in [2.24, 2.45) is 0 Å². The van der Waals surface area contributed by atoms with Crippen LogP contribution in [0.15, 0.2) is 53.3 Å². The highest BCUT2D eigenvalue weighted by Crippen LogP contribution is 2.21. The topological polar surface area (TPSA) is 101 Å². The van der Waals surface area contributed by atoms with Gasteiger partial charge in [0, 0.05) is 5.39 Å². The van der Waals surface area contributed by atoms with Gasteiger partial charge in [0.2, 0.25) is 0 Å². The zero-order valence-electron chi connectivity index (χ0n) is 14.4. The zero-order valence-corrected chi connectivity index (χ0v) is 15.1. The Labute approximate surface area is 159 Å². The third-order valence-corrected chi connectivity index (χ3v) is 4.23. The number of nitrogens with one attached hydrogen (secondary N) is 2. The summed E-state index contributed by atoms with van der Waals surface area (Å²) in [4.78, 5) is 36.2. The average molecular weight is 386 g/mol. The van der Waals surface area contributed by atoms with E-state index in [9.17, 15) is 14.4 Å². The van der Waals surface area contributed by atoms with Crippen molar-refractivity contribution in [3.8, 4) is 0 Å². The highest BCUT2D eigenvalue weighted by Gasteiger charge is 2.20. The van der Waals surface area contributed by atoms with E-state index >= 15 is 0 Å². The summed E-state index contributed by atoms with van der Waals surface area (Å²) in [5.41, 5.74) is 0.462. The monoisotopic (exact) mass is 385 g/mol. The third kappa shape index (κ3) is 4.32. The molecule has 7 nitrogen and oxygen atoms in total. The maximum Gasteiger partial charge on any atom is 0.312 e. The highest BCUT2D eigenvalue weighted by atomic mass is 35.5. The van der Waals surface area contributed by atoms with Gasteiger partial charge in [-0.05, 0) is 25.1 Å². The number of aromatic nitrogens is 2. The smallest absolute Gasteiger partial charge is 0.312 e. The first-order valence-corrected chi connectivity index (χ1v) is 8.54. The van der Waals surface area contributed by atoms with Crippen molar-refractivity contribution >= 4 is 39.9 Å². The Morgan fingerprint density at radius 1 is 1.15 bits per heavy atom. The van der Waals surface area contributed by atoms with E-state index in [4.69, 9.17) is 16.3 Å². The second-order valence-electron chi connectivity index (χ2n) is 5.82. The minimum absolute atomic E-state index is 0.180. The minimum atomic E-state index is -1.03. The number of hydrogen-bond acceptors (Lipinski definition) is 5. The number of para-hydroxylation sites is 1. The minimum Gasteiger partial charge on any atom is -0.452 e. The predicted molar refractivity (Wildman–Crippen MR) is 102 cm³/mol. The van der Waals surface area contributed by atoms with Gasteiger partial charge in [-0.1, -0.05) is 41.9 Å². The van der Waals surface area contributed by atoms with Gasteiger partial charge in [0.1, 0.15) is 0 Å². The lowest BCUT2D eigenvalue weighted by Crippen LogP contribution is -2.30. The van der Waals surface area contributed by atoms with Crippen LogP contribution in [-0.2, 0) is 20.7 Å². The number of carbonyl (C=O) groups excluding carboxylic acids is 2. The van der Waals surface area contributed by atoms with Gasteiger partial charge in [-0.25, -0.2) is 5.10 Å². The molecule has 1 heterocycles. The van der Waals surface area contributed by atoms with Crippen molar-refractivity contribution in [1.29, 1.82) is 0 Å². The molecule has 0 spiro atoms. The number of H-pyrrole nitrogens is 1. The fourth-order valence-electron chi connectivity index (χ4n) is 2.53. The van der Waals surface area contributed by atoms with Crippen LogP contribution in [0.4, 0.5) is 5.69 Å². The van der Waals surface area contributed by atoms with Gasteiger partial charge in [0.15, 0.2) is 6.10 Å². The Bertz CT molecular complexity index is 1060. The number of ether oxygens (including phenoxy) is 1.